The second kappa shape index (κ2) is 5.18. The van der Waals surface area contributed by atoms with Gasteiger partial charge in [0.1, 0.15) is 12.6 Å². The maximum atomic E-state index is 11.2. The monoisotopic (exact) mass is 256 g/mol. The zero-order valence-electron chi connectivity index (χ0n) is 9.57. The van der Waals surface area contributed by atoms with E-state index in [2.05, 4.69) is 10.3 Å². The van der Waals surface area contributed by atoms with Crippen LogP contribution in [0.1, 0.15) is 6.42 Å². The molecule has 0 aromatic heterocycles. The summed E-state index contributed by atoms with van der Waals surface area (Å²) >= 11 is 1.60. The Morgan fingerprint density at radius 2 is 2.18 bits per heavy atom. The molecule has 17 heavy (non-hydrogen) atoms. The number of rotatable bonds is 3. The number of carbonyl (C=O) groups excluding carboxylic acids is 2. The molecule has 1 saturated heterocycles. The van der Waals surface area contributed by atoms with E-state index in [-0.39, 0.29) is 35.7 Å². The van der Waals surface area contributed by atoms with E-state index in [9.17, 15) is 14.7 Å². The lowest BCUT2D eigenvalue weighted by Crippen LogP contribution is -2.51. The molecule has 0 amide bonds. The molecule has 6 heteroatoms. The van der Waals surface area contributed by atoms with Gasteiger partial charge >= 0.3 is 0 Å². The SMILES string of the molecule is CN=C1NC2C(CC(CO)C(C=O)C2C=O)S1. The fourth-order valence-corrected chi connectivity index (χ4v) is 4.06. The molecule has 94 valence electrons. The largest absolute Gasteiger partial charge is 0.396 e. The predicted octanol–water partition coefficient (Wildman–Crippen LogP) is -0.312. The van der Waals surface area contributed by atoms with Crippen LogP contribution in [-0.4, -0.2) is 47.8 Å². The van der Waals surface area contributed by atoms with Crippen molar-refractivity contribution in [3.63, 3.8) is 0 Å². The average Bonchev–Trinajstić information content (AvgIpc) is 2.78. The first-order valence-corrected chi connectivity index (χ1v) is 6.54. The minimum absolute atomic E-state index is 0.0331. The van der Waals surface area contributed by atoms with Crippen molar-refractivity contribution in [1.82, 2.24) is 5.32 Å². The number of carbonyl (C=O) groups is 2. The van der Waals surface area contributed by atoms with Crippen LogP contribution in [0.25, 0.3) is 0 Å². The van der Waals surface area contributed by atoms with Crippen LogP contribution < -0.4 is 5.32 Å². The van der Waals surface area contributed by atoms with Gasteiger partial charge in [-0.1, -0.05) is 11.8 Å². The number of thioether (sulfide) groups is 1. The van der Waals surface area contributed by atoms with Gasteiger partial charge in [0, 0.05) is 30.7 Å². The van der Waals surface area contributed by atoms with Gasteiger partial charge in [-0.25, -0.2) is 0 Å². The lowest BCUT2D eigenvalue weighted by atomic mass is 9.70. The zero-order valence-corrected chi connectivity index (χ0v) is 10.4. The normalized spacial score (nSPS) is 42.9. The van der Waals surface area contributed by atoms with Crippen LogP contribution >= 0.6 is 11.8 Å². The lowest BCUT2D eigenvalue weighted by molar-refractivity contribution is -0.124. The third-order valence-corrected chi connectivity index (χ3v) is 4.96. The van der Waals surface area contributed by atoms with E-state index < -0.39 is 0 Å². The van der Waals surface area contributed by atoms with Crippen LogP contribution in [0.3, 0.4) is 0 Å². The van der Waals surface area contributed by atoms with Gasteiger partial charge in [0.15, 0.2) is 5.17 Å². The van der Waals surface area contributed by atoms with Crippen LogP contribution in [0.4, 0.5) is 0 Å². The minimum atomic E-state index is -0.386. The number of nitrogens with zero attached hydrogens (tertiary/aromatic N) is 1. The summed E-state index contributed by atoms with van der Waals surface area (Å²) in [5, 5.41) is 13.5. The van der Waals surface area contributed by atoms with Crippen molar-refractivity contribution < 1.29 is 14.7 Å². The molecule has 0 radical (unpaired) electrons. The third-order valence-electron chi connectivity index (χ3n) is 3.64. The molecule has 2 N–H and O–H groups in total. The topological polar surface area (TPSA) is 78.8 Å². The van der Waals surface area contributed by atoms with E-state index >= 15 is 0 Å². The fraction of sp³-hybridized carbons (Fsp3) is 0.727. The molecule has 0 spiro atoms. The number of aliphatic hydroxyl groups is 1. The van der Waals surface area contributed by atoms with Gasteiger partial charge in [0.2, 0.25) is 0 Å². The average molecular weight is 256 g/mol. The number of aldehydes is 2. The number of hydrogen-bond acceptors (Lipinski definition) is 5. The van der Waals surface area contributed by atoms with Crippen LogP contribution in [0, 0.1) is 17.8 Å². The summed E-state index contributed by atoms with van der Waals surface area (Å²) in [6.07, 6.45) is 2.39. The van der Waals surface area contributed by atoms with E-state index in [1.54, 1.807) is 18.8 Å². The predicted molar refractivity (Wildman–Crippen MR) is 66.0 cm³/mol. The maximum absolute atomic E-state index is 11.2. The summed E-state index contributed by atoms with van der Waals surface area (Å²) in [7, 11) is 1.70. The number of nitrogens with one attached hydrogen (secondary N) is 1. The van der Waals surface area contributed by atoms with E-state index in [4.69, 9.17) is 0 Å². The second-order valence-corrected chi connectivity index (χ2v) is 5.69. The van der Waals surface area contributed by atoms with Crippen molar-refractivity contribution in [1.29, 1.82) is 0 Å². The number of fused-ring (bicyclic) bond motifs is 1. The van der Waals surface area contributed by atoms with Gasteiger partial charge in [0.25, 0.3) is 0 Å². The molecule has 2 fully saturated rings. The van der Waals surface area contributed by atoms with Crippen molar-refractivity contribution in [3.05, 3.63) is 0 Å². The minimum Gasteiger partial charge on any atom is -0.396 e. The number of amidine groups is 1. The van der Waals surface area contributed by atoms with Crippen LogP contribution in [0.2, 0.25) is 0 Å². The Kier molecular flexibility index (Phi) is 3.83. The Bertz CT molecular complexity index is 348. The lowest BCUT2D eigenvalue weighted by Gasteiger charge is -2.38. The Morgan fingerprint density at radius 3 is 2.71 bits per heavy atom. The molecule has 5 atom stereocenters. The van der Waals surface area contributed by atoms with Gasteiger partial charge in [-0.05, 0) is 12.3 Å². The molecule has 0 aromatic carbocycles. The summed E-state index contributed by atoms with van der Waals surface area (Å²) in [6, 6.07) is -0.0331. The highest BCUT2D eigenvalue weighted by Crippen LogP contribution is 2.42. The molecule has 2 aliphatic rings. The second-order valence-electron chi connectivity index (χ2n) is 4.46. The van der Waals surface area contributed by atoms with Gasteiger partial charge in [0.05, 0.1) is 6.04 Å². The first kappa shape index (κ1) is 12.6. The first-order valence-electron chi connectivity index (χ1n) is 5.66. The highest BCUT2D eigenvalue weighted by molar-refractivity contribution is 8.14. The molecule has 1 aliphatic heterocycles. The van der Waals surface area contributed by atoms with Crippen molar-refractivity contribution in [2.75, 3.05) is 13.7 Å². The van der Waals surface area contributed by atoms with E-state index in [1.807, 2.05) is 0 Å². The van der Waals surface area contributed by atoms with Crippen molar-refractivity contribution >= 4 is 29.5 Å². The Hall–Kier alpha value is -0.880. The van der Waals surface area contributed by atoms with Gasteiger partial charge in [-0.3, -0.25) is 4.99 Å². The molecular weight excluding hydrogens is 240 g/mol. The van der Waals surface area contributed by atoms with Crippen LogP contribution in [0.15, 0.2) is 4.99 Å². The number of aliphatic imine (C=N–C) groups is 1. The summed E-state index contributed by atoms with van der Waals surface area (Å²) in [4.78, 5) is 26.4. The van der Waals surface area contributed by atoms with E-state index in [1.165, 1.54) is 0 Å². The van der Waals surface area contributed by atoms with Crippen molar-refractivity contribution in [2.45, 2.75) is 17.7 Å². The highest BCUT2D eigenvalue weighted by Gasteiger charge is 2.48. The standard InChI is InChI=1S/C11H16N2O3S/c1-12-11-13-10-8(5-16)7(4-15)6(3-14)2-9(10)17-11/h4-10,14H,2-3H2,1H3,(H,12,13). The smallest absolute Gasteiger partial charge is 0.156 e. The molecular formula is C11H16N2O3S. The van der Waals surface area contributed by atoms with Gasteiger partial charge in [-0.15, -0.1) is 0 Å². The van der Waals surface area contributed by atoms with Crippen molar-refractivity contribution in [2.24, 2.45) is 22.7 Å². The van der Waals surface area contributed by atoms with Gasteiger partial charge in [-0.2, -0.15) is 0 Å². The Balaban J connectivity index is 2.25. The zero-order chi connectivity index (χ0) is 12.4. The van der Waals surface area contributed by atoms with E-state index in [0.29, 0.717) is 0 Å². The molecule has 5 unspecified atom stereocenters. The quantitative estimate of drug-likeness (QED) is 0.677. The molecule has 1 saturated carbocycles. The molecule has 1 aliphatic carbocycles. The maximum Gasteiger partial charge on any atom is 0.156 e. The fourth-order valence-electron chi connectivity index (χ4n) is 2.72. The summed E-state index contributed by atoms with van der Waals surface area (Å²) < 4.78 is 0. The van der Waals surface area contributed by atoms with Gasteiger partial charge < -0.3 is 20.0 Å². The summed E-state index contributed by atoms with van der Waals surface area (Å²) in [6.45, 7) is -0.0455. The highest BCUT2D eigenvalue weighted by atomic mass is 32.2. The van der Waals surface area contributed by atoms with Crippen LogP contribution in [0.5, 0.6) is 0 Å². The molecule has 0 bridgehead atoms. The Labute approximate surface area is 104 Å². The Morgan fingerprint density at radius 1 is 1.47 bits per heavy atom. The summed E-state index contributed by atoms with van der Waals surface area (Å²) in [5.74, 6) is -0.868. The summed E-state index contributed by atoms with van der Waals surface area (Å²) in [5.41, 5.74) is 0. The van der Waals surface area contributed by atoms with Crippen molar-refractivity contribution in [3.8, 4) is 0 Å². The molecule has 5 nitrogen and oxygen atoms in total. The molecule has 1 heterocycles. The first-order chi connectivity index (χ1) is 8.24. The molecule has 2 rings (SSSR count). The number of aliphatic hydroxyl groups excluding tert-OH is 1. The van der Waals surface area contributed by atoms with E-state index in [0.717, 1.165) is 24.2 Å². The molecule has 0 aromatic rings. The van der Waals surface area contributed by atoms with Crippen LogP contribution in [-0.2, 0) is 9.59 Å². The number of hydrogen-bond donors (Lipinski definition) is 2. The third kappa shape index (κ3) is 2.11.